The quantitative estimate of drug-likeness (QED) is 0.667. The minimum Gasteiger partial charge on any atom is -0.0825 e. The van der Waals surface area contributed by atoms with Crippen molar-refractivity contribution in [1.82, 2.24) is 0 Å². The first-order chi connectivity index (χ1) is 6.71. The van der Waals surface area contributed by atoms with Gasteiger partial charge in [-0.3, -0.25) is 0 Å². The lowest BCUT2D eigenvalue weighted by molar-refractivity contribution is 0.797. The topological polar surface area (TPSA) is 0 Å². The van der Waals surface area contributed by atoms with Gasteiger partial charge in [-0.15, -0.1) is 0 Å². The molecule has 1 unspecified atom stereocenters. The second-order valence-corrected chi connectivity index (χ2v) is 5.69. The van der Waals surface area contributed by atoms with Crippen LogP contribution < -0.4 is 0 Å². The largest absolute Gasteiger partial charge is 0.0825 e. The molecule has 1 aromatic carbocycles. The van der Waals surface area contributed by atoms with E-state index in [4.69, 9.17) is 0 Å². The third-order valence-corrected chi connectivity index (χ3v) is 3.92. The normalized spacial score (nSPS) is 25.3. The van der Waals surface area contributed by atoms with Crippen LogP contribution in [0.3, 0.4) is 0 Å². The van der Waals surface area contributed by atoms with Crippen molar-refractivity contribution in [3.05, 3.63) is 58.6 Å². The minimum absolute atomic E-state index is 0.0115. The number of allylic oxidation sites excluding steroid dienone is 4. The summed E-state index contributed by atoms with van der Waals surface area (Å²) in [5.41, 5.74) is 1.29. The van der Waals surface area contributed by atoms with Crippen molar-refractivity contribution in [2.24, 2.45) is 0 Å². The highest BCUT2D eigenvalue weighted by Crippen LogP contribution is 2.38. The van der Waals surface area contributed by atoms with E-state index in [9.17, 15) is 0 Å². The fraction of sp³-hybridized carbons (Fsp3) is 0.167. The second kappa shape index (κ2) is 4.03. The molecule has 2 rings (SSSR count). The molecule has 2 heteroatoms. The molecular weight excluding hydrogens is 304 g/mol. The van der Waals surface area contributed by atoms with Gasteiger partial charge in [-0.05, 0) is 24.1 Å². The Morgan fingerprint density at radius 3 is 2.36 bits per heavy atom. The van der Waals surface area contributed by atoms with Gasteiger partial charge in [-0.1, -0.05) is 68.3 Å². The van der Waals surface area contributed by atoms with Gasteiger partial charge in [0.25, 0.3) is 0 Å². The van der Waals surface area contributed by atoms with Crippen molar-refractivity contribution in [1.29, 1.82) is 0 Å². The fourth-order valence-electron chi connectivity index (χ4n) is 1.54. The molecule has 0 heterocycles. The molecule has 0 saturated heterocycles. The zero-order valence-corrected chi connectivity index (χ0v) is 10.8. The van der Waals surface area contributed by atoms with E-state index in [2.05, 4.69) is 80.4 Å². The molecule has 0 bridgehead atoms. The number of hydrogen-bond acceptors (Lipinski definition) is 0. The molecule has 0 amide bonds. The Kier molecular flexibility index (Phi) is 2.93. The summed E-state index contributed by atoms with van der Waals surface area (Å²) in [4.78, 5) is 0. The Labute approximate surface area is 101 Å². The zero-order valence-electron chi connectivity index (χ0n) is 7.58. The molecule has 1 atom stereocenters. The first-order valence-electron chi connectivity index (χ1n) is 4.50. The fourth-order valence-corrected chi connectivity index (χ4v) is 2.40. The summed E-state index contributed by atoms with van der Waals surface area (Å²) in [6.45, 7) is 0. The van der Waals surface area contributed by atoms with Crippen LogP contribution in [0, 0.1) is 0 Å². The molecule has 72 valence electrons. The molecule has 0 radical (unpaired) electrons. The van der Waals surface area contributed by atoms with Gasteiger partial charge in [-0.25, -0.2) is 0 Å². The Bertz CT molecular complexity index is 376. The highest BCUT2D eigenvalue weighted by Gasteiger charge is 2.25. The average Bonchev–Trinajstić information content (AvgIpc) is 2.19. The van der Waals surface area contributed by atoms with Crippen molar-refractivity contribution in [2.75, 3.05) is 0 Å². The maximum absolute atomic E-state index is 3.78. The van der Waals surface area contributed by atoms with Crippen LogP contribution in [0.5, 0.6) is 0 Å². The monoisotopic (exact) mass is 312 g/mol. The second-order valence-electron chi connectivity index (χ2n) is 3.36. The van der Waals surface area contributed by atoms with Crippen molar-refractivity contribution < 1.29 is 0 Å². The first kappa shape index (κ1) is 10.2. The summed E-state index contributed by atoms with van der Waals surface area (Å²) in [5.74, 6) is 0. The van der Waals surface area contributed by atoms with Gasteiger partial charge < -0.3 is 0 Å². The summed E-state index contributed by atoms with van der Waals surface area (Å²) in [6, 6.07) is 8.43. The van der Waals surface area contributed by atoms with Crippen molar-refractivity contribution in [3.8, 4) is 0 Å². The summed E-state index contributed by atoms with van der Waals surface area (Å²) >= 11 is 7.21. The molecule has 0 N–H and O–H groups in total. The van der Waals surface area contributed by atoms with Crippen LogP contribution in [0.4, 0.5) is 0 Å². The Morgan fingerprint density at radius 2 is 1.79 bits per heavy atom. The van der Waals surface area contributed by atoms with Crippen LogP contribution in [0.15, 0.2) is 53.0 Å². The Morgan fingerprint density at radius 1 is 1.07 bits per heavy atom. The molecule has 1 aliphatic rings. The zero-order chi connectivity index (χ0) is 10.0. The van der Waals surface area contributed by atoms with Crippen LogP contribution in [-0.4, -0.2) is 0 Å². The van der Waals surface area contributed by atoms with Crippen molar-refractivity contribution in [3.63, 3.8) is 0 Å². The van der Waals surface area contributed by atoms with E-state index in [0.717, 1.165) is 10.9 Å². The van der Waals surface area contributed by atoms with Crippen molar-refractivity contribution >= 4 is 31.9 Å². The third-order valence-electron chi connectivity index (χ3n) is 2.35. The van der Waals surface area contributed by atoms with Gasteiger partial charge in [0.1, 0.15) is 0 Å². The minimum atomic E-state index is -0.0115. The van der Waals surface area contributed by atoms with Gasteiger partial charge >= 0.3 is 0 Å². The summed E-state index contributed by atoms with van der Waals surface area (Å²) in [5, 5.41) is 0. The van der Waals surface area contributed by atoms with E-state index in [-0.39, 0.29) is 4.32 Å². The molecule has 0 aliphatic heterocycles. The van der Waals surface area contributed by atoms with E-state index in [1.165, 1.54) is 5.56 Å². The maximum Gasteiger partial charge on any atom is 0.0723 e. The van der Waals surface area contributed by atoms with Crippen LogP contribution >= 0.6 is 31.9 Å². The van der Waals surface area contributed by atoms with Crippen LogP contribution in [0.2, 0.25) is 0 Å². The summed E-state index contributed by atoms with van der Waals surface area (Å²) in [7, 11) is 0. The van der Waals surface area contributed by atoms with E-state index in [1.54, 1.807) is 0 Å². The molecule has 0 fully saturated rings. The number of alkyl halides is 1. The van der Waals surface area contributed by atoms with Crippen molar-refractivity contribution in [2.45, 2.75) is 10.7 Å². The first-order valence-corrected chi connectivity index (χ1v) is 6.09. The van der Waals surface area contributed by atoms with Gasteiger partial charge in [0.15, 0.2) is 0 Å². The van der Waals surface area contributed by atoms with E-state index in [0.29, 0.717) is 0 Å². The SMILES string of the molecule is Brc1ccc(C2(Br)C=CC=CC2)cc1. The molecular formula is C12H10Br2. The lowest BCUT2D eigenvalue weighted by Gasteiger charge is -2.24. The molecule has 0 nitrogen and oxygen atoms in total. The van der Waals surface area contributed by atoms with E-state index >= 15 is 0 Å². The lowest BCUT2D eigenvalue weighted by Crippen LogP contribution is -2.14. The third kappa shape index (κ3) is 2.01. The van der Waals surface area contributed by atoms with E-state index in [1.807, 2.05) is 0 Å². The standard InChI is InChI=1S/C12H10Br2/c13-11-6-4-10(5-7-11)12(14)8-2-1-3-9-12/h1-8H,9H2. The van der Waals surface area contributed by atoms with Gasteiger partial charge in [0, 0.05) is 4.47 Å². The predicted octanol–water partition coefficient (Wildman–Crippen LogP) is 4.56. The highest BCUT2D eigenvalue weighted by molar-refractivity contribution is 9.10. The Hall–Kier alpha value is -0.340. The molecule has 1 aromatic rings. The Balaban J connectivity index is 2.34. The molecule has 0 spiro atoms. The molecule has 1 aliphatic carbocycles. The maximum atomic E-state index is 3.78. The van der Waals surface area contributed by atoms with Crippen LogP contribution in [0.25, 0.3) is 0 Å². The number of hydrogen-bond donors (Lipinski definition) is 0. The summed E-state index contributed by atoms with van der Waals surface area (Å²) < 4.78 is 1.11. The van der Waals surface area contributed by atoms with E-state index < -0.39 is 0 Å². The van der Waals surface area contributed by atoms with Gasteiger partial charge in [0.05, 0.1) is 4.32 Å². The molecule has 0 saturated carbocycles. The summed E-state index contributed by atoms with van der Waals surface area (Å²) in [6.07, 6.45) is 9.54. The molecule has 14 heavy (non-hydrogen) atoms. The van der Waals surface area contributed by atoms with Gasteiger partial charge in [0.2, 0.25) is 0 Å². The highest BCUT2D eigenvalue weighted by atomic mass is 79.9. The molecule has 0 aromatic heterocycles. The van der Waals surface area contributed by atoms with Gasteiger partial charge in [-0.2, -0.15) is 0 Å². The van der Waals surface area contributed by atoms with Crippen LogP contribution in [-0.2, 0) is 4.32 Å². The van der Waals surface area contributed by atoms with Crippen LogP contribution in [0.1, 0.15) is 12.0 Å². The number of benzene rings is 1. The smallest absolute Gasteiger partial charge is 0.0723 e. The number of halogens is 2. The lowest BCUT2D eigenvalue weighted by atomic mass is 9.92. The predicted molar refractivity (Wildman–Crippen MR) is 67.6 cm³/mol. The number of rotatable bonds is 1. The average molecular weight is 314 g/mol.